The lowest BCUT2D eigenvalue weighted by Gasteiger charge is -2.09. The molecule has 0 aliphatic heterocycles. The molecule has 1 heterocycles. The summed E-state index contributed by atoms with van der Waals surface area (Å²) in [5.74, 6) is -0.720. The molecule has 0 atom stereocenters. The summed E-state index contributed by atoms with van der Waals surface area (Å²) < 4.78 is 15.9. The first kappa shape index (κ1) is 22.0. The predicted molar refractivity (Wildman–Crippen MR) is 128 cm³/mol. The monoisotopic (exact) mass is 466 g/mol. The Morgan fingerprint density at radius 3 is 2.72 bits per heavy atom. The molecule has 0 saturated carbocycles. The van der Waals surface area contributed by atoms with Crippen LogP contribution in [0.2, 0.25) is 5.02 Å². The predicted octanol–water partition coefficient (Wildman–Crippen LogP) is 5.43. The molecule has 1 aromatic heterocycles. The van der Waals surface area contributed by atoms with Crippen molar-refractivity contribution in [3.63, 3.8) is 0 Å². The molecule has 162 valence electrons. The minimum Gasteiger partial charge on any atom is -0.314 e. The number of rotatable bonds is 7. The number of para-hydroxylation sites is 2. The summed E-state index contributed by atoms with van der Waals surface area (Å²) in [6, 6.07) is 20.6. The lowest BCUT2D eigenvalue weighted by molar-refractivity contribution is -0.118. The highest BCUT2D eigenvalue weighted by molar-refractivity contribution is 7.99. The first-order chi connectivity index (χ1) is 15.5. The van der Waals surface area contributed by atoms with Crippen molar-refractivity contribution in [1.29, 1.82) is 0 Å². The summed E-state index contributed by atoms with van der Waals surface area (Å²) in [7, 11) is 0. The number of carbonyl (C=O) groups is 1. The van der Waals surface area contributed by atoms with Gasteiger partial charge in [-0.3, -0.25) is 4.79 Å². The van der Waals surface area contributed by atoms with E-state index in [-0.39, 0.29) is 22.2 Å². The number of hydrazone groups is 1. The van der Waals surface area contributed by atoms with Crippen molar-refractivity contribution in [1.82, 2.24) is 15.0 Å². The van der Waals surface area contributed by atoms with Crippen LogP contribution in [-0.4, -0.2) is 27.4 Å². The zero-order chi connectivity index (χ0) is 22.5. The van der Waals surface area contributed by atoms with E-state index in [1.807, 2.05) is 24.3 Å². The van der Waals surface area contributed by atoms with Crippen molar-refractivity contribution in [2.24, 2.45) is 5.10 Å². The summed E-state index contributed by atoms with van der Waals surface area (Å²) in [5, 5.41) is 4.79. The highest BCUT2D eigenvalue weighted by Gasteiger charge is 2.13. The molecule has 0 radical (unpaired) electrons. The van der Waals surface area contributed by atoms with Crippen LogP contribution in [-0.2, 0) is 11.3 Å². The number of fused-ring (bicyclic) bond motifs is 1. The zero-order valence-corrected chi connectivity index (χ0v) is 18.8. The largest absolute Gasteiger partial charge is 0.314 e. The van der Waals surface area contributed by atoms with Crippen molar-refractivity contribution >= 4 is 46.5 Å². The molecular weight excluding hydrogens is 447 g/mol. The van der Waals surface area contributed by atoms with Gasteiger partial charge in [0, 0.05) is 5.56 Å². The highest BCUT2D eigenvalue weighted by Crippen LogP contribution is 2.25. The Balaban J connectivity index is 1.46. The first-order valence-corrected chi connectivity index (χ1v) is 11.3. The summed E-state index contributed by atoms with van der Waals surface area (Å²) >= 11 is 7.28. The third-order valence-electron chi connectivity index (χ3n) is 4.80. The molecular formula is C24H20ClFN4OS. The topological polar surface area (TPSA) is 59.3 Å². The summed E-state index contributed by atoms with van der Waals surface area (Å²) in [6.07, 6.45) is 1.20. The minimum atomic E-state index is -0.505. The van der Waals surface area contributed by atoms with Crippen LogP contribution in [0.5, 0.6) is 0 Å². The van der Waals surface area contributed by atoms with E-state index in [2.05, 4.69) is 51.3 Å². The average Bonchev–Trinajstić information content (AvgIpc) is 3.13. The van der Waals surface area contributed by atoms with Crippen molar-refractivity contribution in [2.75, 3.05) is 5.75 Å². The van der Waals surface area contributed by atoms with Crippen LogP contribution >= 0.6 is 23.4 Å². The number of carbonyl (C=O) groups excluding carboxylic acids is 1. The Kier molecular flexibility index (Phi) is 6.87. The van der Waals surface area contributed by atoms with Crippen molar-refractivity contribution < 1.29 is 9.18 Å². The van der Waals surface area contributed by atoms with Gasteiger partial charge in [0.1, 0.15) is 5.82 Å². The molecule has 32 heavy (non-hydrogen) atoms. The van der Waals surface area contributed by atoms with E-state index in [4.69, 9.17) is 11.6 Å². The first-order valence-electron chi connectivity index (χ1n) is 9.91. The van der Waals surface area contributed by atoms with Gasteiger partial charge in [0.2, 0.25) is 0 Å². The minimum absolute atomic E-state index is 0.111. The molecule has 4 rings (SSSR count). The number of nitrogens with one attached hydrogen (secondary N) is 1. The number of thioether (sulfide) groups is 1. The molecule has 0 bridgehead atoms. The number of hydrogen-bond donors (Lipinski definition) is 1. The lowest BCUT2D eigenvalue weighted by Crippen LogP contribution is -2.20. The van der Waals surface area contributed by atoms with Gasteiger partial charge in [-0.05, 0) is 36.8 Å². The van der Waals surface area contributed by atoms with Crippen molar-refractivity contribution in [2.45, 2.75) is 18.6 Å². The molecule has 3 aromatic carbocycles. The van der Waals surface area contributed by atoms with Gasteiger partial charge in [0.25, 0.3) is 5.91 Å². The van der Waals surface area contributed by atoms with Crippen LogP contribution in [0.25, 0.3) is 11.0 Å². The normalized spacial score (nSPS) is 11.3. The number of imidazole rings is 1. The number of halogens is 2. The van der Waals surface area contributed by atoms with Gasteiger partial charge in [-0.25, -0.2) is 14.8 Å². The number of hydrogen-bond acceptors (Lipinski definition) is 4. The zero-order valence-electron chi connectivity index (χ0n) is 17.3. The van der Waals surface area contributed by atoms with Crippen LogP contribution in [0.3, 0.4) is 0 Å². The molecule has 1 N–H and O–H groups in total. The van der Waals surface area contributed by atoms with Gasteiger partial charge in [-0.1, -0.05) is 71.4 Å². The number of amides is 1. The van der Waals surface area contributed by atoms with Crippen LogP contribution in [0.1, 0.15) is 16.7 Å². The van der Waals surface area contributed by atoms with Crippen molar-refractivity contribution in [3.05, 3.63) is 94.3 Å². The van der Waals surface area contributed by atoms with Gasteiger partial charge in [0.05, 0.1) is 34.6 Å². The van der Waals surface area contributed by atoms with Gasteiger partial charge >= 0.3 is 0 Å². The molecule has 0 aliphatic carbocycles. The second kappa shape index (κ2) is 9.97. The summed E-state index contributed by atoms with van der Waals surface area (Å²) in [6.45, 7) is 2.70. The van der Waals surface area contributed by atoms with Gasteiger partial charge in [0.15, 0.2) is 5.16 Å². The van der Waals surface area contributed by atoms with Gasteiger partial charge in [-0.2, -0.15) is 5.10 Å². The van der Waals surface area contributed by atoms with E-state index < -0.39 is 5.82 Å². The van der Waals surface area contributed by atoms with Crippen LogP contribution in [0.15, 0.2) is 77.0 Å². The molecule has 0 unspecified atom stereocenters. The molecule has 1 amide bonds. The standard InChI is InChI=1S/C24H20ClFN4OS/c1-16-9-11-17(12-10-16)14-30-22-8-3-2-7-21(22)28-24(30)32-15-23(31)29-27-13-18-19(25)5-4-6-20(18)26/h2-13H,14-15H2,1H3,(H,29,31)/b27-13+. The number of aromatic nitrogens is 2. The Bertz CT molecular complexity index is 1270. The van der Waals surface area contributed by atoms with E-state index in [1.165, 1.54) is 35.7 Å². The molecule has 0 fully saturated rings. The summed E-state index contributed by atoms with van der Waals surface area (Å²) in [4.78, 5) is 17.0. The molecule has 4 aromatic rings. The molecule has 0 saturated heterocycles. The molecule has 8 heteroatoms. The number of benzene rings is 3. The second-order valence-electron chi connectivity index (χ2n) is 7.17. The number of nitrogens with zero attached hydrogens (tertiary/aromatic N) is 3. The maximum Gasteiger partial charge on any atom is 0.250 e. The lowest BCUT2D eigenvalue weighted by atomic mass is 10.1. The Morgan fingerprint density at radius 2 is 1.94 bits per heavy atom. The van der Waals surface area contributed by atoms with E-state index in [0.29, 0.717) is 6.54 Å². The molecule has 0 aliphatic rings. The Morgan fingerprint density at radius 1 is 1.16 bits per heavy atom. The Labute approximate surface area is 194 Å². The van der Waals surface area contributed by atoms with Crippen LogP contribution < -0.4 is 5.43 Å². The SMILES string of the molecule is Cc1ccc(Cn2c(SCC(=O)N/N=C/c3c(F)cccc3Cl)nc3ccccc32)cc1. The van der Waals surface area contributed by atoms with E-state index in [0.717, 1.165) is 21.8 Å². The van der Waals surface area contributed by atoms with Crippen LogP contribution in [0.4, 0.5) is 4.39 Å². The maximum absolute atomic E-state index is 13.8. The smallest absolute Gasteiger partial charge is 0.250 e. The third kappa shape index (κ3) is 5.18. The Hall–Kier alpha value is -3.16. The second-order valence-corrected chi connectivity index (χ2v) is 8.52. The quantitative estimate of drug-likeness (QED) is 0.224. The fourth-order valence-electron chi connectivity index (χ4n) is 3.16. The summed E-state index contributed by atoms with van der Waals surface area (Å²) in [5.41, 5.74) is 6.76. The molecule has 5 nitrogen and oxygen atoms in total. The van der Waals surface area contributed by atoms with Gasteiger partial charge in [-0.15, -0.1) is 0 Å². The van der Waals surface area contributed by atoms with E-state index >= 15 is 0 Å². The van der Waals surface area contributed by atoms with Crippen LogP contribution in [0, 0.1) is 12.7 Å². The maximum atomic E-state index is 13.8. The fourth-order valence-corrected chi connectivity index (χ4v) is 4.18. The fraction of sp³-hybridized carbons (Fsp3) is 0.125. The van der Waals surface area contributed by atoms with Crippen molar-refractivity contribution in [3.8, 4) is 0 Å². The van der Waals surface area contributed by atoms with E-state index in [1.54, 1.807) is 6.07 Å². The van der Waals surface area contributed by atoms with Gasteiger partial charge < -0.3 is 4.57 Å². The average molecular weight is 467 g/mol. The highest BCUT2D eigenvalue weighted by atomic mass is 35.5. The van der Waals surface area contributed by atoms with E-state index in [9.17, 15) is 9.18 Å². The third-order valence-corrected chi connectivity index (χ3v) is 6.10. The molecule has 0 spiro atoms. The number of aryl methyl sites for hydroxylation is 1.